The second-order valence-corrected chi connectivity index (χ2v) is 8.83. The lowest BCUT2D eigenvalue weighted by Crippen LogP contribution is -2.43. The monoisotopic (exact) mass is 440 g/mol. The van der Waals surface area contributed by atoms with Gasteiger partial charge in [-0.25, -0.2) is 0 Å². The van der Waals surface area contributed by atoms with Crippen molar-refractivity contribution in [1.82, 2.24) is 19.7 Å². The maximum Gasteiger partial charge on any atom is 0.233 e. The Hall–Kier alpha value is -2.58. The molecule has 1 aliphatic rings. The molecular weight excluding hydrogens is 412 g/mol. The van der Waals surface area contributed by atoms with E-state index in [1.165, 1.54) is 18.2 Å². The molecule has 0 radical (unpaired) electrons. The first-order valence-electron chi connectivity index (χ1n) is 10.6. The molecule has 3 aromatic rings. The van der Waals surface area contributed by atoms with E-state index >= 15 is 0 Å². The van der Waals surface area contributed by atoms with Gasteiger partial charge in [-0.05, 0) is 49.1 Å². The van der Waals surface area contributed by atoms with Crippen LogP contribution in [0.4, 0.5) is 0 Å². The fourth-order valence-corrected chi connectivity index (χ4v) is 4.91. The van der Waals surface area contributed by atoms with Crippen LogP contribution in [-0.2, 0) is 16.1 Å². The van der Waals surface area contributed by atoms with E-state index in [1.807, 2.05) is 39.8 Å². The SMILES string of the molecule is COCCn1c(SCC(=O)N2CCCC[C@H]2C)nnc1-c1cc2ccccc2cc1O. The van der Waals surface area contributed by atoms with Crippen LogP contribution < -0.4 is 0 Å². The second kappa shape index (κ2) is 9.70. The first kappa shape index (κ1) is 21.6. The molecule has 0 unspecified atom stereocenters. The third-order valence-electron chi connectivity index (χ3n) is 5.79. The number of phenolic OH excluding ortho intramolecular Hbond substituents is 1. The third-order valence-corrected chi connectivity index (χ3v) is 6.74. The average Bonchev–Trinajstić information content (AvgIpc) is 3.18. The highest BCUT2D eigenvalue weighted by Gasteiger charge is 2.24. The zero-order valence-corrected chi connectivity index (χ0v) is 18.8. The van der Waals surface area contributed by atoms with Gasteiger partial charge in [0.15, 0.2) is 11.0 Å². The largest absolute Gasteiger partial charge is 0.507 e. The number of carbonyl (C=O) groups is 1. The van der Waals surface area contributed by atoms with Crippen LogP contribution in [0.1, 0.15) is 26.2 Å². The van der Waals surface area contributed by atoms with Crippen LogP contribution in [0.3, 0.4) is 0 Å². The number of methoxy groups -OCH3 is 1. The number of carbonyl (C=O) groups excluding carboxylic acids is 1. The zero-order chi connectivity index (χ0) is 21.8. The van der Waals surface area contributed by atoms with Crippen molar-refractivity contribution in [3.8, 4) is 17.1 Å². The number of hydrogen-bond donors (Lipinski definition) is 1. The van der Waals surface area contributed by atoms with E-state index in [0.29, 0.717) is 41.5 Å². The van der Waals surface area contributed by atoms with E-state index in [4.69, 9.17) is 4.74 Å². The Labute approximate surface area is 186 Å². The fourth-order valence-electron chi connectivity index (χ4n) is 4.06. The zero-order valence-electron chi connectivity index (χ0n) is 18.0. The Morgan fingerprint density at radius 1 is 1.23 bits per heavy atom. The first-order valence-corrected chi connectivity index (χ1v) is 11.6. The van der Waals surface area contributed by atoms with Crippen molar-refractivity contribution in [2.75, 3.05) is 26.0 Å². The molecule has 1 fully saturated rings. The summed E-state index contributed by atoms with van der Waals surface area (Å²) in [5, 5.41) is 22.0. The van der Waals surface area contributed by atoms with Crippen LogP contribution in [0.5, 0.6) is 5.75 Å². The van der Waals surface area contributed by atoms with E-state index in [-0.39, 0.29) is 11.7 Å². The minimum atomic E-state index is 0.133. The van der Waals surface area contributed by atoms with Gasteiger partial charge < -0.3 is 14.7 Å². The van der Waals surface area contributed by atoms with E-state index in [0.717, 1.165) is 30.2 Å². The van der Waals surface area contributed by atoms with Gasteiger partial charge >= 0.3 is 0 Å². The van der Waals surface area contributed by atoms with Crippen LogP contribution in [-0.4, -0.2) is 62.7 Å². The number of likely N-dealkylation sites (tertiary alicyclic amines) is 1. The van der Waals surface area contributed by atoms with Gasteiger partial charge in [-0.15, -0.1) is 10.2 Å². The third kappa shape index (κ3) is 4.70. The number of phenols is 1. The summed E-state index contributed by atoms with van der Waals surface area (Å²) in [6.07, 6.45) is 3.31. The van der Waals surface area contributed by atoms with Gasteiger partial charge in [0, 0.05) is 19.7 Å². The number of aromatic hydroxyl groups is 1. The van der Waals surface area contributed by atoms with Gasteiger partial charge in [-0.1, -0.05) is 36.0 Å². The van der Waals surface area contributed by atoms with Crippen molar-refractivity contribution >= 4 is 28.4 Å². The molecule has 1 aromatic heterocycles. The van der Waals surface area contributed by atoms with Crippen molar-refractivity contribution in [3.05, 3.63) is 36.4 Å². The molecule has 2 aromatic carbocycles. The van der Waals surface area contributed by atoms with Gasteiger partial charge in [-0.3, -0.25) is 9.36 Å². The number of fused-ring (bicyclic) bond motifs is 1. The number of hydrogen-bond acceptors (Lipinski definition) is 6. The number of thioether (sulfide) groups is 1. The molecule has 1 aliphatic heterocycles. The first-order chi connectivity index (χ1) is 15.1. The van der Waals surface area contributed by atoms with Gasteiger partial charge in [0.2, 0.25) is 5.91 Å². The van der Waals surface area contributed by atoms with Gasteiger partial charge in [0.25, 0.3) is 0 Å². The Morgan fingerprint density at radius 2 is 2.00 bits per heavy atom. The average molecular weight is 441 g/mol. The number of piperidine rings is 1. The molecule has 1 atom stereocenters. The molecule has 164 valence electrons. The number of aromatic nitrogens is 3. The summed E-state index contributed by atoms with van der Waals surface area (Å²) < 4.78 is 7.19. The Morgan fingerprint density at radius 3 is 2.74 bits per heavy atom. The van der Waals surface area contributed by atoms with Crippen LogP contribution >= 0.6 is 11.8 Å². The van der Waals surface area contributed by atoms with E-state index in [1.54, 1.807) is 13.2 Å². The minimum absolute atomic E-state index is 0.133. The van der Waals surface area contributed by atoms with Crippen LogP contribution in [0.15, 0.2) is 41.6 Å². The minimum Gasteiger partial charge on any atom is -0.507 e. The summed E-state index contributed by atoms with van der Waals surface area (Å²) in [7, 11) is 1.64. The van der Waals surface area contributed by atoms with E-state index < -0.39 is 0 Å². The van der Waals surface area contributed by atoms with E-state index in [9.17, 15) is 9.90 Å². The van der Waals surface area contributed by atoms with Crippen LogP contribution in [0.25, 0.3) is 22.2 Å². The molecular formula is C23H28N4O3S. The Kier molecular flexibility index (Phi) is 6.77. The lowest BCUT2D eigenvalue weighted by Gasteiger charge is -2.33. The standard InChI is InChI=1S/C23H28N4O3S/c1-16-7-5-6-10-26(16)21(29)15-31-23-25-24-22(27(23)11-12-30-2)19-13-17-8-3-4-9-18(17)14-20(19)28/h3-4,8-9,13-14,16,28H,5-7,10-12,15H2,1-2H3/t16-/m1/s1. The summed E-state index contributed by atoms with van der Waals surface area (Å²) in [6, 6.07) is 11.8. The van der Waals surface area contributed by atoms with Crippen LogP contribution in [0.2, 0.25) is 0 Å². The highest BCUT2D eigenvalue weighted by Crippen LogP contribution is 2.34. The lowest BCUT2D eigenvalue weighted by atomic mass is 10.0. The van der Waals surface area contributed by atoms with Crippen LogP contribution in [0, 0.1) is 0 Å². The number of benzene rings is 2. The van der Waals surface area contributed by atoms with Gasteiger partial charge in [0.05, 0.1) is 24.5 Å². The highest BCUT2D eigenvalue weighted by molar-refractivity contribution is 7.99. The van der Waals surface area contributed by atoms with E-state index in [2.05, 4.69) is 17.1 Å². The maximum absolute atomic E-state index is 12.8. The molecule has 7 nitrogen and oxygen atoms in total. The molecule has 31 heavy (non-hydrogen) atoms. The molecule has 1 saturated heterocycles. The quantitative estimate of drug-likeness (QED) is 0.561. The summed E-state index contributed by atoms with van der Waals surface area (Å²) >= 11 is 1.39. The molecule has 1 N–H and O–H groups in total. The van der Waals surface area contributed by atoms with Crippen molar-refractivity contribution in [1.29, 1.82) is 0 Å². The Bertz CT molecular complexity index is 1070. The summed E-state index contributed by atoms with van der Waals surface area (Å²) in [6.45, 7) is 3.95. The number of amides is 1. The predicted octanol–water partition coefficient (Wildman–Crippen LogP) is 3.94. The molecule has 0 bridgehead atoms. The van der Waals surface area contributed by atoms with Crippen molar-refractivity contribution in [3.63, 3.8) is 0 Å². The maximum atomic E-state index is 12.8. The summed E-state index contributed by atoms with van der Waals surface area (Å²) in [5.41, 5.74) is 0.616. The van der Waals surface area contributed by atoms with Crippen molar-refractivity contribution < 1.29 is 14.6 Å². The smallest absolute Gasteiger partial charge is 0.233 e. The number of ether oxygens (including phenoxy) is 1. The lowest BCUT2D eigenvalue weighted by molar-refractivity contribution is -0.131. The summed E-state index contributed by atoms with van der Waals surface area (Å²) in [5.74, 6) is 1.17. The molecule has 8 heteroatoms. The van der Waals surface area contributed by atoms with Crippen molar-refractivity contribution in [2.45, 2.75) is 43.9 Å². The van der Waals surface area contributed by atoms with Crippen molar-refractivity contribution in [2.24, 2.45) is 0 Å². The molecule has 4 rings (SSSR count). The number of nitrogens with zero attached hydrogens (tertiary/aromatic N) is 4. The molecule has 1 amide bonds. The Balaban J connectivity index is 1.60. The fraction of sp³-hybridized carbons (Fsp3) is 0.435. The molecule has 0 aliphatic carbocycles. The second-order valence-electron chi connectivity index (χ2n) is 7.89. The van der Waals surface area contributed by atoms with Gasteiger partial charge in [0.1, 0.15) is 5.75 Å². The number of rotatable bonds is 7. The molecule has 0 spiro atoms. The normalized spacial score (nSPS) is 16.7. The van der Waals surface area contributed by atoms with Gasteiger partial charge in [-0.2, -0.15) is 0 Å². The summed E-state index contributed by atoms with van der Waals surface area (Å²) in [4.78, 5) is 14.7. The topological polar surface area (TPSA) is 80.5 Å². The predicted molar refractivity (Wildman–Crippen MR) is 122 cm³/mol. The molecule has 0 saturated carbocycles. The highest BCUT2D eigenvalue weighted by atomic mass is 32.2. The molecule has 2 heterocycles.